The van der Waals surface area contributed by atoms with E-state index in [1.807, 2.05) is 0 Å². The van der Waals surface area contributed by atoms with Gasteiger partial charge in [-0.1, -0.05) is 0 Å². The van der Waals surface area contributed by atoms with Crippen LogP contribution in [0.1, 0.15) is 16.1 Å². The lowest BCUT2D eigenvalue weighted by Gasteiger charge is -2.07. The highest BCUT2D eigenvalue weighted by Gasteiger charge is 2.23. The predicted molar refractivity (Wildman–Crippen MR) is 46.4 cm³/mol. The first-order chi connectivity index (χ1) is 7.52. The van der Waals surface area contributed by atoms with E-state index in [1.165, 1.54) is 25.3 Å². The molecule has 0 N–H and O–H groups in total. The zero-order valence-corrected chi connectivity index (χ0v) is 8.19. The van der Waals surface area contributed by atoms with Gasteiger partial charge in [-0.25, -0.2) is 18.0 Å². The summed E-state index contributed by atoms with van der Waals surface area (Å²) >= 11 is 0. The molecule has 1 aromatic rings. The number of aromatic nitrogens is 1. The maximum Gasteiger partial charge on any atom is 0.375 e. The van der Waals surface area contributed by atoms with Gasteiger partial charge in [-0.15, -0.1) is 4.89 Å². The summed E-state index contributed by atoms with van der Waals surface area (Å²) in [5, 5.41) is 0. The van der Waals surface area contributed by atoms with Crippen molar-refractivity contribution in [3.8, 4) is 0 Å². The maximum atomic E-state index is 12.2. The third-order valence-electron chi connectivity index (χ3n) is 1.64. The molecule has 0 saturated carbocycles. The number of nitrogens with zero attached hydrogens (tertiary/aromatic N) is 1. The van der Waals surface area contributed by atoms with Gasteiger partial charge in [0.25, 0.3) is 6.43 Å². The number of rotatable bonds is 4. The molecule has 0 amide bonds. The van der Waals surface area contributed by atoms with Crippen molar-refractivity contribution in [2.75, 3.05) is 0 Å². The minimum Gasteiger partial charge on any atom is -0.290 e. The van der Waals surface area contributed by atoms with Gasteiger partial charge in [0.1, 0.15) is 0 Å². The van der Waals surface area contributed by atoms with Crippen LogP contribution in [0.3, 0.4) is 0 Å². The second-order valence-corrected chi connectivity index (χ2v) is 2.79. The maximum absolute atomic E-state index is 12.2. The fourth-order valence-corrected chi connectivity index (χ4v) is 0.877. The molecule has 0 aliphatic heterocycles. The van der Waals surface area contributed by atoms with Gasteiger partial charge < -0.3 is 0 Å². The number of halogens is 3. The van der Waals surface area contributed by atoms with Gasteiger partial charge in [-0.05, 0) is 19.1 Å². The first-order valence-electron chi connectivity index (χ1n) is 4.24. The Hall–Kier alpha value is -1.63. The van der Waals surface area contributed by atoms with Crippen LogP contribution in [-0.2, 0) is 9.78 Å². The summed E-state index contributed by atoms with van der Waals surface area (Å²) in [5.74, 6) is -1.08. The van der Waals surface area contributed by atoms with Crippen molar-refractivity contribution >= 4 is 5.97 Å². The molecule has 0 aliphatic carbocycles. The molecule has 1 atom stereocenters. The molecule has 0 spiro atoms. The molecule has 88 valence electrons. The van der Waals surface area contributed by atoms with Crippen LogP contribution in [0.15, 0.2) is 18.3 Å². The SMILES string of the molecule is Cc1ncccc1C(=O)OOC(F)C(F)F. The lowest BCUT2D eigenvalue weighted by atomic mass is 10.2. The Morgan fingerprint density at radius 1 is 1.44 bits per heavy atom. The molecule has 1 unspecified atom stereocenters. The first kappa shape index (κ1) is 12.4. The van der Waals surface area contributed by atoms with E-state index in [0.29, 0.717) is 5.69 Å². The Morgan fingerprint density at radius 2 is 2.12 bits per heavy atom. The Labute approximate surface area is 88.9 Å². The van der Waals surface area contributed by atoms with Gasteiger partial charge in [0.05, 0.1) is 11.3 Å². The summed E-state index contributed by atoms with van der Waals surface area (Å²) in [7, 11) is 0. The number of hydrogen-bond donors (Lipinski definition) is 0. The second-order valence-electron chi connectivity index (χ2n) is 2.79. The molecule has 1 rings (SSSR count). The van der Waals surface area contributed by atoms with E-state index in [4.69, 9.17) is 0 Å². The molecular weight excluding hydrogens is 227 g/mol. The predicted octanol–water partition coefficient (Wildman–Crippen LogP) is 2.04. The Balaban J connectivity index is 2.57. The second kappa shape index (κ2) is 5.45. The van der Waals surface area contributed by atoms with Crippen LogP contribution >= 0.6 is 0 Å². The lowest BCUT2D eigenvalue weighted by molar-refractivity contribution is -0.330. The van der Waals surface area contributed by atoms with Gasteiger partial charge in [-0.3, -0.25) is 9.87 Å². The van der Waals surface area contributed by atoms with E-state index in [9.17, 15) is 18.0 Å². The van der Waals surface area contributed by atoms with Crippen molar-refractivity contribution in [1.82, 2.24) is 4.98 Å². The fourth-order valence-electron chi connectivity index (χ4n) is 0.877. The summed E-state index contributed by atoms with van der Waals surface area (Å²) in [6.45, 7) is 1.51. The van der Waals surface area contributed by atoms with Gasteiger partial charge in [0.15, 0.2) is 0 Å². The average Bonchev–Trinajstić information content (AvgIpc) is 2.25. The number of carbonyl (C=O) groups excluding carboxylic acids is 1. The van der Waals surface area contributed by atoms with Crippen LogP contribution in [0.5, 0.6) is 0 Å². The van der Waals surface area contributed by atoms with E-state index < -0.39 is 18.8 Å². The molecule has 0 radical (unpaired) electrons. The Bertz CT molecular complexity index is 373. The van der Waals surface area contributed by atoms with Crippen molar-refractivity contribution in [3.05, 3.63) is 29.6 Å². The molecule has 4 nitrogen and oxygen atoms in total. The van der Waals surface area contributed by atoms with E-state index >= 15 is 0 Å². The normalized spacial score (nSPS) is 12.6. The summed E-state index contributed by atoms with van der Waals surface area (Å²) in [6, 6.07) is 2.80. The van der Waals surface area contributed by atoms with E-state index in [1.54, 1.807) is 0 Å². The molecule has 16 heavy (non-hydrogen) atoms. The molecule has 1 aromatic heterocycles. The molecular formula is C9H8F3NO3. The molecule has 0 aliphatic rings. The standard InChI is InChI=1S/C9H8F3NO3/c1-5-6(3-2-4-13-5)9(14)16-15-8(12)7(10)11/h2-4,7-8H,1H3. The Morgan fingerprint density at radius 3 is 2.69 bits per heavy atom. The molecule has 0 aromatic carbocycles. The van der Waals surface area contributed by atoms with Gasteiger partial charge in [0.2, 0.25) is 0 Å². The fraction of sp³-hybridized carbons (Fsp3) is 0.333. The molecule has 0 saturated heterocycles. The summed E-state index contributed by atoms with van der Waals surface area (Å²) in [6.07, 6.45) is -4.90. The first-order valence-corrected chi connectivity index (χ1v) is 4.24. The molecule has 0 fully saturated rings. The number of aryl methyl sites for hydroxylation is 1. The number of pyridine rings is 1. The van der Waals surface area contributed by atoms with Crippen LogP contribution in [0, 0.1) is 6.92 Å². The van der Waals surface area contributed by atoms with Crippen molar-refractivity contribution in [1.29, 1.82) is 0 Å². The number of carbonyl (C=O) groups is 1. The minimum absolute atomic E-state index is 0.0176. The minimum atomic E-state index is -3.37. The van der Waals surface area contributed by atoms with Crippen molar-refractivity contribution < 1.29 is 27.7 Å². The monoisotopic (exact) mass is 235 g/mol. The highest BCUT2D eigenvalue weighted by molar-refractivity contribution is 5.89. The molecule has 0 bridgehead atoms. The van der Waals surface area contributed by atoms with Gasteiger partial charge in [-0.2, -0.15) is 0 Å². The van der Waals surface area contributed by atoms with E-state index in [-0.39, 0.29) is 5.56 Å². The highest BCUT2D eigenvalue weighted by Crippen LogP contribution is 2.10. The molecule has 1 heterocycles. The Kier molecular flexibility index (Phi) is 4.24. The summed E-state index contributed by atoms with van der Waals surface area (Å²) in [4.78, 5) is 22.4. The zero-order chi connectivity index (χ0) is 12.1. The zero-order valence-electron chi connectivity index (χ0n) is 8.19. The average molecular weight is 235 g/mol. The number of alkyl halides is 3. The van der Waals surface area contributed by atoms with Crippen LogP contribution in [0.25, 0.3) is 0 Å². The summed E-state index contributed by atoms with van der Waals surface area (Å²) < 4.78 is 35.6. The van der Waals surface area contributed by atoms with Crippen LogP contribution in [0.2, 0.25) is 0 Å². The van der Waals surface area contributed by atoms with Gasteiger partial charge >= 0.3 is 12.3 Å². The van der Waals surface area contributed by atoms with Crippen LogP contribution in [0.4, 0.5) is 13.2 Å². The quantitative estimate of drug-likeness (QED) is 0.591. The third-order valence-corrected chi connectivity index (χ3v) is 1.64. The number of hydrogen-bond acceptors (Lipinski definition) is 4. The molecule has 7 heteroatoms. The highest BCUT2D eigenvalue weighted by atomic mass is 19.3. The van der Waals surface area contributed by atoms with Crippen LogP contribution in [-0.4, -0.2) is 23.7 Å². The summed E-state index contributed by atoms with van der Waals surface area (Å²) in [5.41, 5.74) is 0.340. The smallest absolute Gasteiger partial charge is 0.290 e. The topological polar surface area (TPSA) is 48.4 Å². The van der Waals surface area contributed by atoms with Crippen molar-refractivity contribution in [3.63, 3.8) is 0 Å². The van der Waals surface area contributed by atoms with Crippen molar-refractivity contribution in [2.45, 2.75) is 19.7 Å². The van der Waals surface area contributed by atoms with E-state index in [0.717, 1.165) is 0 Å². The largest absolute Gasteiger partial charge is 0.375 e. The van der Waals surface area contributed by atoms with Gasteiger partial charge in [0, 0.05) is 6.20 Å². The lowest BCUT2D eigenvalue weighted by Crippen LogP contribution is -2.19. The van der Waals surface area contributed by atoms with E-state index in [2.05, 4.69) is 14.8 Å². The van der Waals surface area contributed by atoms with Crippen LogP contribution < -0.4 is 0 Å². The van der Waals surface area contributed by atoms with Crippen molar-refractivity contribution in [2.24, 2.45) is 0 Å². The third kappa shape index (κ3) is 3.20.